The zero-order valence-corrected chi connectivity index (χ0v) is 18.8. The van der Waals surface area contributed by atoms with Crippen LogP contribution in [0.5, 0.6) is 0 Å². The van der Waals surface area contributed by atoms with Crippen LogP contribution >= 0.6 is 34.9 Å². The van der Waals surface area contributed by atoms with Gasteiger partial charge in [0.15, 0.2) is 18.5 Å². The fourth-order valence-electron chi connectivity index (χ4n) is 2.61. The van der Waals surface area contributed by atoms with E-state index in [1.807, 2.05) is 13.8 Å². The van der Waals surface area contributed by atoms with Gasteiger partial charge in [0.1, 0.15) is 0 Å². The summed E-state index contributed by atoms with van der Waals surface area (Å²) in [6.07, 6.45) is 0.495. The molecule has 1 unspecified atom stereocenters. The Kier molecular flexibility index (Phi) is 8.38. The molecule has 2 rings (SSSR count). The molecule has 1 atom stereocenters. The van der Waals surface area contributed by atoms with Gasteiger partial charge in [0.25, 0.3) is 0 Å². The number of thioether (sulfide) groups is 2. The zero-order valence-electron chi connectivity index (χ0n) is 15.6. The van der Waals surface area contributed by atoms with Gasteiger partial charge in [0.05, 0.1) is 23.0 Å². The molecule has 12 heteroatoms. The van der Waals surface area contributed by atoms with Crippen molar-refractivity contribution in [1.82, 2.24) is 20.0 Å². The normalized spacial score (nSPS) is 18.4. The maximum absolute atomic E-state index is 12.3. The zero-order chi connectivity index (χ0) is 20.0. The Bertz CT molecular complexity index is 764. The summed E-state index contributed by atoms with van der Waals surface area (Å²) in [5, 5.41) is 8.10. The van der Waals surface area contributed by atoms with Crippen molar-refractivity contribution in [1.29, 1.82) is 0 Å². The van der Waals surface area contributed by atoms with Crippen LogP contribution in [0.25, 0.3) is 0 Å². The van der Waals surface area contributed by atoms with Crippen LogP contribution in [-0.2, 0) is 19.4 Å². The molecule has 27 heavy (non-hydrogen) atoms. The molecule has 1 aliphatic heterocycles. The van der Waals surface area contributed by atoms with E-state index >= 15 is 0 Å². The summed E-state index contributed by atoms with van der Waals surface area (Å²) in [4.78, 5) is 27.6. The topological polar surface area (TPSA) is 101 Å². The quantitative estimate of drug-likeness (QED) is 0.516. The number of nitrogens with zero attached hydrogens (tertiary/aromatic N) is 4. The van der Waals surface area contributed by atoms with E-state index in [4.69, 9.17) is 0 Å². The summed E-state index contributed by atoms with van der Waals surface area (Å²) < 4.78 is 24.5. The van der Waals surface area contributed by atoms with E-state index in [0.717, 1.165) is 0 Å². The molecule has 0 bridgehead atoms. The first-order chi connectivity index (χ1) is 12.8. The molecule has 0 aliphatic carbocycles. The molecule has 0 saturated carbocycles. The lowest BCUT2D eigenvalue weighted by molar-refractivity contribution is -0.129. The minimum atomic E-state index is -3.02. The number of rotatable bonds is 9. The van der Waals surface area contributed by atoms with E-state index < -0.39 is 9.84 Å². The molecule has 152 valence electrons. The molecule has 1 fully saturated rings. The van der Waals surface area contributed by atoms with Crippen LogP contribution in [0.4, 0.5) is 0 Å². The second-order valence-electron chi connectivity index (χ2n) is 6.04. The Morgan fingerprint density at radius 1 is 1.11 bits per heavy atom. The maximum atomic E-state index is 12.3. The molecule has 0 radical (unpaired) electrons. The van der Waals surface area contributed by atoms with Crippen molar-refractivity contribution >= 4 is 56.5 Å². The van der Waals surface area contributed by atoms with Gasteiger partial charge in [-0.25, -0.2) is 8.42 Å². The molecule has 8 nitrogen and oxygen atoms in total. The number of aromatic nitrogens is 2. The highest BCUT2D eigenvalue weighted by molar-refractivity contribution is 8.03. The number of carbonyl (C=O) groups excluding carboxylic acids is 2. The van der Waals surface area contributed by atoms with Crippen LogP contribution in [0.2, 0.25) is 0 Å². The summed E-state index contributed by atoms with van der Waals surface area (Å²) in [5.74, 6) is 0.635. The van der Waals surface area contributed by atoms with E-state index in [9.17, 15) is 18.0 Å². The van der Waals surface area contributed by atoms with Crippen LogP contribution in [0.3, 0.4) is 0 Å². The van der Waals surface area contributed by atoms with Gasteiger partial charge < -0.3 is 9.80 Å². The van der Waals surface area contributed by atoms with E-state index in [0.29, 0.717) is 33.9 Å². The Morgan fingerprint density at radius 3 is 2.15 bits per heavy atom. The minimum absolute atomic E-state index is 0.0417. The molecule has 2 heterocycles. The van der Waals surface area contributed by atoms with E-state index in [1.165, 1.54) is 39.8 Å². The number of carbonyl (C=O) groups is 2. The Morgan fingerprint density at radius 2 is 1.67 bits per heavy atom. The first-order valence-corrected chi connectivity index (χ1v) is 13.2. The van der Waals surface area contributed by atoms with Gasteiger partial charge in [0, 0.05) is 26.2 Å². The molecule has 1 aliphatic rings. The third kappa shape index (κ3) is 6.61. The minimum Gasteiger partial charge on any atom is -0.343 e. The van der Waals surface area contributed by atoms with Crippen molar-refractivity contribution < 1.29 is 18.0 Å². The number of sulfone groups is 1. The molecule has 1 aromatic rings. The van der Waals surface area contributed by atoms with Crippen LogP contribution in [0.1, 0.15) is 20.3 Å². The lowest BCUT2D eigenvalue weighted by atomic mass is 10.2. The SMILES string of the molecule is CCN(CC)C(=O)CSc1nnc(SCC(=O)N(C)C2CCS(=O)(=O)C2)s1. The third-order valence-corrected chi connectivity index (χ3v) is 9.20. The Hall–Kier alpha value is -0.850. The van der Waals surface area contributed by atoms with Crippen molar-refractivity contribution in [2.24, 2.45) is 0 Å². The van der Waals surface area contributed by atoms with E-state index in [-0.39, 0.29) is 35.1 Å². The van der Waals surface area contributed by atoms with Crippen molar-refractivity contribution in [3.05, 3.63) is 0 Å². The van der Waals surface area contributed by atoms with Crippen LogP contribution in [0, 0.1) is 0 Å². The van der Waals surface area contributed by atoms with Crippen molar-refractivity contribution in [3.8, 4) is 0 Å². The van der Waals surface area contributed by atoms with E-state index in [1.54, 1.807) is 11.9 Å². The standard InChI is InChI=1S/C15H24N4O4S4/c1-4-19(5-2)13(21)9-25-15-17-16-14(26-15)24-8-12(20)18(3)11-6-7-27(22,23)10-11/h11H,4-10H2,1-3H3. The predicted molar refractivity (Wildman–Crippen MR) is 109 cm³/mol. The third-order valence-electron chi connectivity index (χ3n) is 4.29. The largest absolute Gasteiger partial charge is 0.343 e. The van der Waals surface area contributed by atoms with Gasteiger partial charge in [-0.15, -0.1) is 10.2 Å². The summed E-state index contributed by atoms with van der Waals surface area (Å²) in [6.45, 7) is 5.26. The number of hydrogen-bond acceptors (Lipinski definition) is 9. The average Bonchev–Trinajstić information content (AvgIpc) is 3.24. The second kappa shape index (κ2) is 10.1. The van der Waals surface area contributed by atoms with Crippen LogP contribution < -0.4 is 0 Å². The first kappa shape index (κ1) is 22.4. The van der Waals surface area contributed by atoms with Crippen LogP contribution in [0.15, 0.2) is 8.68 Å². The highest BCUT2D eigenvalue weighted by Gasteiger charge is 2.32. The summed E-state index contributed by atoms with van der Waals surface area (Å²) >= 11 is 3.98. The molecule has 1 saturated heterocycles. The first-order valence-electron chi connectivity index (χ1n) is 8.58. The van der Waals surface area contributed by atoms with Gasteiger partial charge in [-0.05, 0) is 20.3 Å². The fourth-order valence-corrected chi connectivity index (χ4v) is 7.24. The maximum Gasteiger partial charge on any atom is 0.233 e. The van der Waals surface area contributed by atoms with E-state index in [2.05, 4.69) is 10.2 Å². The molecular weight excluding hydrogens is 428 g/mol. The Balaban J connectivity index is 1.78. The highest BCUT2D eigenvalue weighted by atomic mass is 32.2. The van der Waals surface area contributed by atoms with Gasteiger partial charge in [-0.2, -0.15) is 0 Å². The average molecular weight is 453 g/mol. The van der Waals surface area contributed by atoms with Gasteiger partial charge >= 0.3 is 0 Å². The second-order valence-corrected chi connectivity index (χ2v) is 11.7. The van der Waals surface area contributed by atoms with Gasteiger partial charge in [0.2, 0.25) is 11.8 Å². The summed E-state index contributed by atoms with van der Waals surface area (Å²) in [6, 6.07) is -0.241. The molecule has 1 aromatic heterocycles. The summed E-state index contributed by atoms with van der Waals surface area (Å²) in [5.41, 5.74) is 0. The molecule has 0 N–H and O–H groups in total. The molecule has 0 aromatic carbocycles. The number of amides is 2. The smallest absolute Gasteiger partial charge is 0.233 e. The Labute approximate surface area is 172 Å². The van der Waals surface area contributed by atoms with Crippen molar-refractivity contribution in [2.75, 3.05) is 43.1 Å². The van der Waals surface area contributed by atoms with Gasteiger partial charge in [-0.1, -0.05) is 34.9 Å². The highest BCUT2D eigenvalue weighted by Crippen LogP contribution is 2.29. The van der Waals surface area contributed by atoms with Crippen molar-refractivity contribution in [2.45, 2.75) is 35.0 Å². The monoisotopic (exact) mass is 452 g/mol. The van der Waals surface area contributed by atoms with Crippen molar-refractivity contribution in [3.63, 3.8) is 0 Å². The molecule has 2 amide bonds. The molecular formula is C15H24N4O4S4. The van der Waals surface area contributed by atoms with Crippen LogP contribution in [-0.4, -0.2) is 89.4 Å². The van der Waals surface area contributed by atoms with Gasteiger partial charge in [-0.3, -0.25) is 9.59 Å². The molecule has 0 spiro atoms. The lowest BCUT2D eigenvalue weighted by Gasteiger charge is -2.22. The fraction of sp³-hybridized carbons (Fsp3) is 0.733. The number of hydrogen-bond donors (Lipinski definition) is 0. The summed E-state index contributed by atoms with van der Waals surface area (Å²) in [7, 11) is -1.37. The lowest BCUT2D eigenvalue weighted by Crippen LogP contribution is -2.38. The predicted octanol–water partition coefficient (Wildman–Crippen LogP) is 1.24.